The van der Waals surface area contributed by atoms with Crippen LogP contribution in [0.25, 0.3) is 0 Å². The van der Waals surface area contributed by atoms with Crippen LogP contribution in [0.1, 0.15) is 41.0 Å². The first-order chi connectivity index (χ1) is 7.10. The van der Waals surface area contributed by atoms with Gasteiger partial charge < -0.3 is 0 Å². The van der Waals surface area contributed by atoms with Gasteiger partial charge in [0.05, 0.1) is 0 Å². The van der Waals surface area contributed by atoms with E-state index in [4.69, 9.17) is 0 Å². The fourth-order valence-corrected chi connectivity index (χ4v) is 2.61. The van der Waals surface area contributed by atoms with Gasteiger partial charge in [-0.25, -0.2) is 0 Å². The van der Waals surface area contributed by atoms with E-state index in [9.17, 15) is 0 Å². The third kappa shape index (κ3) is 8.57. The number of hydrogen-bond acceptors (Lipinski definition) is 0. The summed E-state index contributed by atoms with van der Waals surface area (Å²) in [7, 11) is 0. The number of hydrogen-bond donors (Lipinski definition) is 0. The Balaban J connectivity index is 4.39. The molecule has 0 aromatic carbocycles. The van der Waals surface area contributed by atoms with E-state index in [0.717, 1.165) is 0 Å². The molecule has 0 aromatic heterocycles. The predicted octanol–water partition coefficient (Wildman–Crippen LogP) is 4.81. The maximum atomic E-state index is 2.39. The van der Waals surface area contributed by atoms with Gasteiger partial charge in [-0.15, -0.1) is 0 Å². The van der Waals surface area contributed by atoms with Gasteiger partial charge in [-0.05, 0) is 0 Å². The second kappa shape index (κ2) is 8.86. The van der Waals surface area contributed by atoms with Gasteiger partial charge >= 0.3 is 102 Å². The normalized spacial score (nSPS) is 13.7. The number of allylic oxidation sites excluding steroid dienone is 7. The van der Waals surface area contributed by atoms with Crippen molar-refractivity contribution in [1.29, 1.82) is 0 Å². The zero-order valence-corrected chi connectivity index (χ0v) is 12.2. The SMILES string of the molecule is C/C=C/C=[C](\CC)[Ru]/[CH]=C(/C)C=C(C)C. The summed E-state index contributed by atoms with van der Waals surface area (Å²) in [6.45, 7) is 10.8. The van der Waals surface area contributed by atoms with Crippen molar-refractivity contribution in [3.8, 4) is 0 Å². The van der Waals surface area contributed by atoms with Crippen LogP contribution in [-0.2, 0) is 17.1 Å². The van der Waals surface area contributed by atoms with E-state index >= 15 is 0 Å². The standard InChI is InChI=1S/2C7H11.Ru/c1-6(2)5-7(3)4;1-3-5-7-6-4-2;/h1,5H,2-4H3;3,5,7H,4H2,1-2H3;/b;5-3+,7-6?;. The second-order valence-corrected chi connectivity index (χ2v) is 5.77. The first-order valence-electron chi connectivity index (χ1n) is 5.34. The first kappa shape index (κ1) is 14.6. The predicted molar refractivity (Wildman–Crippen MR) is 66.4 cm³/mol. The van der Waals surface area contributed by atoms with Gasteiger partial charge in [0.15, 0.2) is 0 Å². The van der Waals surface area contributed by atoms with E-state index < -0.39 is 0 Å². The maximum absolute atomic E-state index is 2.39. The summed E-state index contributed by atoms with van der Waals surface area (Å²) in [6, 6.07) is 0. The Kier molecular flexibility index (Phi) is 8.61. The van der Waals surface area contributed by atoms with E-state index in [1.807, 2.05) is 0 Å². The molecule has 0 saturated heterocycles. The molecule has 0 amide bonds. The number of rotatable bonds is 5. The monoisotopic (exact) mass is 292 g/mol. The quantitative estimate of drug-likeness (QED) is 0.504. The molecule has 0 fully saturated rings. The van der Waals surface area contributed by atoms with Crippen molar-refractivity contribution >= 4 is 0 Å². The topological polar surface area (TPSA) is 0 Å². The van der Waals surface area contributed by atoms with Crippen LogP contribution < -0.4 is 0 Å². The first-order valence-corrected chi connectivity index (χ1v) is 7.21. The van der Waals surface area contributed by atoms with Crippen molar-refractivity contribution in [1.82, 2.24) is 0 Å². The summed E-state index contributed by atoms with van der Waals surface area (Å²) < 4.78 is 3.96. The van der Waals surface area contributed by atoms with E-state index in [1.54, 1.807) is 4.17 Å². The zero-order valence-electron chi connectivity index (χ0n) is 10.4. The van der Waals surface area contributed by atoms with Gasteiger partial charge in [-0.1, -0.05) is 0 Å². The average molecular weight is 291 g/mol. The van der Waals surface area contributed by atoms with E-state index in [1.165, 1.54) is 17.6 Å². The van der Waals surface area contributed by atoms with Crippen molar-refractivity contribution in [2.45, 2.75) is 41.0 Å². The molecule has 0 nitrogen and oxygen atoms in total. The van der Waals surface area contributed by atoms with E-state index in [0.29, 0.717) is 0 Å². The Morgan fingerprint density at radius 2 is 1.87 bits per heavy atom. The average Bonchev–Trinajstić information content (AvgIpc) is 2.17. The van der Waals surface area contributed by atoms with Crippen LogP contribution in [0.15, 0.2) is 44.3 Å². The van der Waals surface area contributed by atoms with Crippen LogP contribution in [0, 0.1) is 0 Å². The van der Waals surface area contributed by atoms with Crippen LogP contribution in [0.2, 0.25) is 0 Å². The fourth-order valence-electron chi connectivity index (χ4n) is 1.05. The molecule has 0 heterocycles. The molecular formula is C14H22Ru. The minimum absolute atomic E-state index is 0.257. The van der Waals surface area contributed by atoms with Crippen LogP contribution in [-0.4, -0.2) is 0 Å². The molecule has 0 aromatic rings. The third-order valence-corrected chi connectivity index (χ3v) is 4.24. The molecule has 15 heavy (non-hydrogen) atoms. The summed E-state index contributed by atoms with van der Waals surface area (Å²) in [6.07, 6.45) is 9.89. The van der Waals surface area contributed by atoms with E-state index in [-0.39, 0.29) is 17.1 Å². The molecule has 86 valence electrons. The molecule has 0 N–H and O–H groups in total. The van der Waals surface area contributed by atoms with Crippen LogP contribution in [0.5, 0.6) is 0 Å². The molecule has 0 saturated carbocycles. The second-order valence-electron chi connectivity index (χ2n) is 3.65. The van der Waals surface area contributed by atoms with Gasteiger partial charge in [0.1, 0.15) is 0 Å². The Labute approximate surface area is 102 Å². The van der Waals surface area contributed by atoms with Crippen LogP contribution >= 0.6 is 0 Å². The van der Waals surface area contributed by atoms with Gasteiger partial charge in [-0.3, -0.25) is 0 Å². The fraction of sp³-hybridized carbons (Fsp3) is 0.429. The Bertz CT molecular complexity index is 286. The Morgan fingerprint density at radius 3 is 2.33 bits per heavy atom. The molecule has 0 aliphatic rings. The molecular weight excluding hydrogens is 269 g/mol. The molecule has 0 radical (unpaired) electrons. The van der Waals surface area contributed by atoms with Crippen molar-refractivity contribution in [2.24, 2.45) is 0 Å². The molecule has 0 bridgehead atoms. The summed E-state index contributed by atoms with van der Waals surface area (Å²) in [5, 5.41) is 0. The summed E-state index contributed by atoms with van der Waals surface area (Å²) in [5.74, 6) is 0. The van der Waals surface area contributed by atoms with Crippen molar-refractivity contribution in [2.75, 3.05) is 0 Å². The van der Waals surface area contributed by atoms with Crippen molar-refractivity contribution in [3.63, 3.8) is 0 Å². The molecule has 0 aliphatic carbocycles. The molecule has 0 unspecified atom stereocenters. The molecule has 0 spiro atoms. The van der Waals surface area contributed by atoms with Crippen molar-refractivity contribution in [3.05, 3.63) is 44.3 Å². The molecule has 0 aliphatic heterocycles. The third-order valence-electron chi connectivity index (χ3n) is 1.65. The van der Waals surface area contributed by atoms with E-state index in [2.05, 4.69) is 63.6 Å². The van der Waals surface area contributed by atoms with Crippen molar-refractivity contribution < 1.29 is 17.1 Å². The van der Waals surface area contributed by atoms with Gasteiger partial charge in [-0.2, -0.15) is 0 Å². The summed E-state index contributed by atoms with van der Waals surface area (Å²) >= 11 is 0.257. The van der Waals surface area contributed by atoms with Crippen LogP contribution in [0.4, 0.5) is 0 Å². The zero-order chi connectivity index (χ0) is 11.7. The minimum atomic E-state index is 0.257. The summed E-state index contributed by atoms with van der Waals surface area (Å²) in [5.41, 5.74) is 2.77. The molecule has 0 atom stereocenters. The summed E-state index contributed by atoms with van der Waals surface area (Å²) in [4.78, 5) is 0. The Hall–Kier alpha value is -0.417. The molecule has 0 rings (SSSR count). The van der Waals surface area contributed by atoms with Crippen LogP contribution in [0.3, 0.4) is 0 Å². The van der Waals surface area contributed by atoms with Gasteiger partial charge in [0, 0.05) is 0 Å². The van der Waals surface area contributed by atoms with Gasteiger partial charge in [0.2, 0.25) is 0 Å². The molecule has 1 heteroatoms. The Morgan fingerprint density at radius 1 is 1.20 bits per heavy atom. The van der Waals surface area contributed by atoms with Gasteiger partial charge in [0.25, 0.3) is 0 Å².